The average Bonchev–Trinajstić information content (AvgIpc) is 2.41. The van der Waals surface area contributed by atoms with E-state index >= 15 is 0 Å². The van der Waals surface area contributed by atoms with Crippen LogP contribution in [-0.2, 0) is 0 Å². The minimum absolute atomic E-state index is 0.0309. The molecule has 2 nitrogen and oxygen atoms in total. The van der Waals surface area contributed by atoms with Crippen LogP contribution in [0.1, 0.15) is 31.0 Å². The zero-order valence-electron chi connectivity index (χ0n) is 11.7. The molecule has 2 N–H and O–H groups in total. The summed E-state index contributed by atoms with van der Waals surface area (Å²) in [5.41, 5.74) is 7.15. The molecule has 0 saturated carbocycles. The third-order valence-electron chi connectivity index (χ3n) is 2.96. The maximum absolute atomic E-state index is 13.4. The van der Waals surface area contributed by atoms with Gasteiger partial charge in [-0.1, -0.05) is 23.7 Å². The van der Waals surface area contributed by atoms with E-state index in [1.807, 2.05) is 19.9 Å². The van der Waals surface area contributed by atoms with E-state index in [-0.39, 0.29) is 11.1 Å². The standard InChI is InChI=1S/C16H16ClF2NO/c1-9(2)21-11-5-3-4-10(6-11)16(20)12-7-14(18)15(19)8-13(12)17/h3-9,16H,20H2,1-2H3. The Balaban J connectivity index is 2.36. The smallest absolute Gasteiger partial charge is 0.160 e. The molecule has 2 aromatic rings. The third-order valence-corrected chi connectivity index (χ3v) is 3.29. The molecular formula is C16H16ClF2NO. The Morgan fingerprint density at radius 1 is 1.10 bits per heavy atom. The van der Waals surface area contributed by atoms with E-state index in [4.69, 9.17) is 22.1 Å². The second-order valence-electron chi connectivity index (χ2n) is 5.00. The molecule has 0 aliphatic rings. The molecule has 0 amide bonds. The molecule has 112 valence electrons. The molecule has 5 heteroatoms. The molecular weight excluding hydrogens is 296 g/mol. The van der Waals surface area contributed by atoms with Crippen LogP contribution in [0, 0.1) is 11.6 Å². The highest BCUT2D eigenvalue weighted by Gasteiger charge is 2.17. The summed E-state index contributed by atoms with van der Waals surface area (Å²) >= 11 is 5.95. The summed E-state index contributed by atoms with van der Waals surface area (Å²) in [7, 11) is 0. The predicted molar refractivity (Wildman–Crippen MR) is 79.6 cm³/mol. The van der Waals surface area contributed by atoms with Crippen LogP contribution in [0.4, 0.5) is 8.78 Å². The highest BCUT2D eigenvalue weighted by Crippen LogP contribution is 2.30. The van der Waals surface area contributed by atoms with Crippen molar-refractivity contribution in [3.63, 3.8) is 0 Å². The number of nitrogens with two attached hydrogens (primary N) is 1. The number of halogens is 3. The first-order chi connectivity index (χ1) is 9.88. The van der Waals surface area contributed by atoms with Gasteiger partial charge in [-0.3, -0.25) is 0 Å². The van der Waals surface area contributed by atoms with Crippen LogP contribution in [0.25, 0.3) is 0 Å². The van der Waals surface area contributed by atoms with Crippen LogP contribution in [0.15, 0.2) is 36.4 Å². The highest BCUT2D eigenvalue weighted by molar-refractivity contribution is 6.31. The number of rotatable bonds is 4. The normalized spacial score (nSPS) is 12.5. The Bertz CT molecular complexity index is 646. The monoisotopic (exact) mass is 311 g/mol. The van der Waals surface area contributed by atoms with E-state index in [9.17, 15) is 8.78 Å². The maximum Gasteiger partial charge on any atom is 0.160 e. The molecule has 0 aromatic heterocycles. The number of benzene rings is 2. The Labute approximate surface area is 127 Å². The number of hydrogen-bond acceptors (Lipinski definition) is 2. The lowest BCUT2D eigenvalue weighted by Gasteiger charge is -2.17. The van der Waals surface area contributed by atoms with Gasteiger partial charge in [-0.15, -0.1) is 0 Å². The molecule has 0 heterocycles. The second-order valence-corrected chi connectivity index (χ2v) is 5.41. The molecule has 0 saturated heterocycles. The highest BCUT2D eigenvalue weighted by atomic mass is 35.5. The lowest BCUT2D eigenvalue weighted by molar-refractivity contribution is 0.242. The van der Waals surface area contributed by atoms with E-state index in [0.29, 0.717) is 16.9 Å². The summed E-state index contributed by atoms with van der Waals surface area (Å²) in [5.74, 6) is -1.30. The zero-order chi connectivity index (χ0) is 15.6. The number of ether oxygens (including phenoxy) is 1. The van der Waals surface area contributed by atoms with Gasteiger partial charge in [-0.25, -0.2) is 8.78 Å². The summed E-state index contributed by atoms with van der Waals surface area (Å²) in [6.07, 6.45) is 0.0309. The lowest BCUT2D eigenvalue weighted by atomic mass is 9.99. The van der Waals surface area contributed by atoms with Gasteiger partial charge in [0.05, 0.1) is 12.1 Å². The van der Waals surface area contributed by atoms with Gasteiger partial charge < -0.3 is 10.5 Å². The first-order valence-corrected chi connectivity index (χ1v) is 6.93. The van der Waals surface area contributed by atoms with Gasteiger partial charge in [-0.2, -0.15) is 0 Å². The van der Waals surface area contributed by atoms with Gasteiger partial charge in [0.15, 0.2) is 11.6 Å². The fraction of sp³-hybridized carbons (Fsp3) is 0.250. The SMILES string of the molecule is CC(C)Oc1cccc(C(N)c2cc(F)c(F)cc2Cl)c1. The van der Waals surface area contributed by atoms with E-state index in [1.54, 1.807) is 18.2 Å². The third kappa shape index (κ3) is 3.71. The van der Waals surface area contributed by atoms with Crippen LogP contribution in [0.5, 0.6) is 5.75 Å². The molecule has 1 unspecified atom stereocenters. The van der Waals surface area contributed by atoms with E-state index in [0.717, 1.165) is 12.1 Å². The largest absolute Gasteiger partial charge is 0.491 e. The van der Waals surface area contributed by atoms with E-state index in [1.165, 1.54) is 0 Å². The van der Waals surface area contributed by atoms with Gasteiger partial charge in [0.1, 0.15) is 5.75 Å². The first kappa shape index (κ1) is 15.7. The minimum Gasteiger partial charge on any atom is -0.491 e. The van der Waals surface area contributed by atoms with Gasteiger partial charge >= 0.3 is 0 Å². The molecule has 0 aliphatic heterocycles. The quantitative estimate of drug-likeness (QED) is 0.846. The Kier molecular flexibility index (Phi) is 4.80. The molecule has 0 fully saturated rings. The van der Waals surface area contributed by atoms with E-state index in [2.05, 4.69) is 0 Å². The van der Waals surface area contributed by atoms with Crippen LogP contribution in [0.2, 0.25) is 5.02 Å². The number of hydrogen-bond donors (Lipinski definition) is 1. The molecule has 1 atom stereocenters. The van der Waals surface area contributed by atoms with E-state index < -0.39 is 17.7 Å². The molecule has 0 aliphatic carbocycles. The van der Waals surface area contributed by atoms with Crippen molar-refractivity contribution in [2.45, 2.75) is 26.0 Å². The van der Waals surface area contributed by atoms with Crippen molar-refractivity contribution in [3.05, 3.63) is 64.2 Å². The second kappa shape index (κ2) is 6.41. The Morgan fingerprint density at radius 2 is 1.76 bits per heavy atom. The Morgan fingerprint density at radius 3 is 2.43 bits per heavy atom. The lowest BCUT2D eigenvalue weighted by Crippen LogP contribution is -2.14. The minimum atomic E-state index is -0.993. The van der Waals surface area contributed by atoms with Crippen LogP contribution in [-0.4, -0.2) is 6.10 Å². The first-order valence-electron chi connectivity index (χ1n) is 6.55. The van der Waals surface area contributed by atoms with Crippen molar-refractivity contribution in [1.82, 2.24) is 0 Å². The van der Waals surface area contributed by atoms with Crippen LogP contribution >= 0.6 is 11.6 Å². The van der Waals surface area contributed by atoms with Gasteiger partial charge in [0.25, 0.3) is 0 Å². The maximum atomic E-state index is 13.4. The van der Waals surface area contributed by atoms with Gasteiger partial charge in [0.2, 0.25) is 0 Å². The zero-order valence-corrected chi connectivity index (χ0v) is 12.5. The van der Waals surface area contributed by atoms with Crippen LogP contribution < -0.4 is 10.5 Å². The molecule has 0 radical (unpaired) electrons. The van der Waals surface area contributed by atoms with Gasteiger partial charge in [0, 0.05) is 5.02 Å². The molecule has 2 rings (SSSR count). The van der Waals surface area contributed by atoms with Crippen molar-refractivity contribution in [2.24, 2.45) is 5.73 Å². The van der Waals surface area contributed by atoms with Crippen molar-refractivity contribution >= 4 is 11.6 Å². The van der Waals surface area contributed by atoms with Crippen LogP contribution in [0.3, 0.4) is 0 Å². The van der Waals surface area contributed by atoms with Crippen molar-refractivity contribution in [2.75, 3.05) is 0 Å². The fourth-order valence-corrected chi connectivity index (χ4v) is 2.28. The summed E-state index contributed by atoms with van der Waals surface area (Å²) in [4.78, 5) is 0. The van der Waals surface area contributed by atoms with Crippen molar-refractivity contribution < 1.29 is 13.5 Å². The molecule has 21 heavy (non-hydrogen) atoms. The van der Waals surface area contributed by atoms with Gasteiger partial charge in [-0.05, 0) is 49.2 Å². The van der Waals surface area contributed by atoms with Crippen molar-refractivity contribution in [3.8, 4) is 5.75 Å². The summed E-state index contributed by atoms with van der Waals surface area (Å²) in [6.45, 7) is 3.83. The summed E-state index contributed by atoms with van der Waals surface area (Å²) < 4.78 is 32.1. The predicted octanol–water partition coefficient (Wildman–Crippen LogP) is 4.45. The van der Waals surface area contributed by atoms with Crippen molar-refractivity contribution in [1.29, 1.82) is 0 Å². The summed E-state index contributed by atoms with van der Waals surface area (Å²) in [5, 5.41) is 0.0941. The average molecular weight is 312 g/mol. The molecule has 0 spiro atoms. The Hall–Kier alpha value is -1.65. The molecule has 2 aromatic carbocycles. The fourth-order valence-electron chi connectivity index (χ4n) is 2.01. The summed E-state index contributed by atoms with van der Waals surface area (Å²) in [6, 6.07) is 8.45. The molecule has 0 bridgehead atoms. The topological polar surface area (TPSA) is 35.2 Å².